The van der Waals surface area contributed by atoms with Crippen molar-refractivity contribution < 1.29 is 19.1 Å². The van der Waals surface area contributed by atoms with Crippen molar-refractivity contribution in [3.05, 3.63) is 35.4 Å². The zero-order valence-electron chi connectivity index (χ0n) is 18.0. The number of esters is 2. The predicted molar refractivity (Wildman–Crippen MR) is 114 cm³/mol. The van der Waals surface area contributed by atoms with E-state index < -0.39 is 0 Å². The van der Waals surface area contributed by atoms with Crippen LogP contribution in [0.2, 0.25) is 0 Å². The maximum absolute atomic E-state index is 12.4. The van der Waals surface area contributed by atoms with E-state index in [1.54, 1.807) is 24.3 Å². The molecule has 4 nitrogen and oxygen atoms in total. The molecule has 4 heteroatoms. The second kappa shape index (κ2) is 15.1. The topological polar surface area (TPSA) is 52.6 Å². The van der Waals surface area contributed by atoms with Crippen molar-refractivity contribution in [2.24, 2.45) is 5.92 Å². The van der Waals surface area contributed by atoms with Crippen LogP contribution in [0.15, 0.2) is 24.3 Å². The summed E-state index contributed by atoms with van der Waals surface area (Å²) in [6.45, 7) is 7.36. The first-order chi connectivity index (χ1) is 13.6. The molecule has 0 aliphatic carbocycles. The summed E-state index contributed by atoms with van der Waals surface area (Å²) < 4.78 is 10.8. The number of benzene rings is 1. The van der Waals surface area contributed by atoms with Crippen LogP contribution in [0.25, 0.3) is 0 Å². The smallest absolute Gasteiger partial charge is 0.338 e. The zero-order valence-corrected chi connectivity index (χ0v) is 18.0. The van der Waals surface area contributed by atoms with Crippen LogP contribution in [0.1, 0.15) is 106 Å². The van der Waals surface area contributed by atoms with Gasteiger partial charge in [0.1, 0.15) is 0 Å². The number of hydrogen-bond acceptors (Lipinski definition) is 4. The molecule has 0 aliphatic rings. The number of unbranched alkanes of at least 4 members (excludes halogenated alkanes) is 5. The van der Waals surface area contributed by atoms with Gasteiger partial charge in [0.25, 0.3) is 0 Å². The Hall–Kier alpha value is -1.84. The fourth-order valence-electron chi connectivity index (χ4n) is 3.23. The first kappa shape index (κ1) is 24.2. The van der Waals surface area contributed by atoms with Gasteiger partial charge in [0.15, 0.2) is 0 Å². The molecule has 1 rings (SSSR count). The molecule has 0 aromatic heterocycles. The second-order valence-corrected chi connectivity index (χ2v) is 7.53. The first-order valence-electron chi connectivity index (χ1n) is 11.1. The number of carbonyl (C=O) groups excluding carboxylic acids is 2. The largest absolute Gasteiger partial charge is 0.462 e. The highest BCUT2D eigenvalue weighted by Crippen LogP contribution is 2.17. The number of rotatable bonds is 15. The molecule has 0 amide bonds. The molecule has 1 aromatic rings. The molecule has 0 saturated carbocycles. The van der Waals surface area contributed by atoms with Gasteiger partial charge in [-0.15, -0.1) is 0 Å². The summed E-state index contributed by atoms with van der Waals surface area (Å²) in [5, 5.41) is 0. The Morgan fingerprint density at radius 3 is 2.07 bits per heavy atom. The Morgan fingerprint density at radius 2 is 1.43 bits per heavy atom. The van der Waals surface area contributed by atoms with Crippen LogP contribution in [0, 0.1) is 5.92 Å². The molecule has 0 spiro atoms. The van der Waals surface area contributed by atoms with Crippen molar-refractivity contribution in [2.75, 3.05) is 13.2 Å². The minimum Gasteiger partial charge on any atom is -0.462 e. The average molecular weight is 391 g/mol. The van der Waals surface area contributed by atoms with E-state index in [9.17, 15) is 9.59 Å². The summed E-state index contributed by atoms with van der Waals surface area (Å²) in [7, 11) is 0. The van der Waals surface area contributed by atoms with E-state index in [1.807, 2.05) is 0 Å². The lowest BCUT2D eigenvalue weighted by Gasteiger charge is -2.16. The van der Waals surface area contributed by atoms with E-state index in [1.165, 1.54) is 19.3 Å². The summed E-state index contributed by atoms with van der Waals surface area (Å²) >= 11 is 0. The molecule has 0 radical (unpaired) electrons. The molecule has 0 aliphatic heterocycles. The van der Waals surface area contributed by atoms with Crippen LogP contribution in [0.5, 0.6) is 0 Å². The fourth-order valence-corrected chi connectivity index (χ4v) is 3.23. The Labute approximate surface area is 171 Å². The van der Waals surface area contributed by atoms with E-state index in [0.29, 0.717) is 30.3 Å². The van der Waals surface area contributed by atoms with Crippen LogP contribution < -0.4 is 0 Å². The van der Waals surface area contributed by atoms with Crippen LogP contribution in [-0.2, 0) is 9.47 Å². The highest BCUT2D eigenvalue weighted by molar-refractivity contribution is 5.95. The molecule has 0 fully saturated rings. The molecular formula is C24H38O4. The minimum absolute atomic E-state index is 0.366. The molecule has 28 heavy (non-hydrogen) atoms. The molecule has 0 saturated heterocycles. The van der Waals surface area contributed by atoms with E-state index in [4.69, 9.17) is 9.47 Å². The normalized spacial score (nSPS) is 11.8. The van der Waals surface area contributed by atoms with Gasteiger partial charge >= 0.3 is 11.9 Å². The van der Waals surface area contributed by atoms with E-state index >= 15 is 0 Å². The summed E-state index contributed by atoms with van der Waals surface area (Å²) in [6, 6.07) is 6.64. The van der Waals surface area contributed by atoms with Gasteiger partial charge in [-0.3, -0.25) is 0 Å². The van der Waals surface area contributed by atoms with E-state index in [-0.39, 0.29) is 11.9 Å². The van der Waals surface area contributed by atoms with Crippen molar-refractivity contribution in [3.8, 4) is 0 Å². The van der Waals surface area contributed by atoms with Gasteiger partial charge in [0.2, 0.25) is 0 Å². The standard InChI is InChI=1S/C24H38O4/c1-4-7-9-11-17-27-23(25)21-15-12-16-22(18-21)24(26)28-19-20(13-6-3)14-10-8-5-2/h12,15-16,18,20H,4-11,13-14,17,19H2,1-3H3. The van der Waals surface area contributed by atoms with E-state index in [0.717, 1.165) is 44.9 Å². The predicted octanol–water partition coefficient (Wildman–Crippen LogP) is 6.58. The van der Waals surface area contributed by atoms with Gasteiger partial charge in [-0.05, 0) is 43.4 Å². The monoisotopic (exact) mass is 390 g/mol. The quantitative estimate of drug-likeness (QED) is 0.251. The number of hydrogen-bond donors (Lipinski definition) is 0. The molecule has 0 heterocycles. The fraction of sp³-hybridized carbons (Fsp3) is 0.667. The summed E-state index contributed by atoms with van der Waals surface area (Å²) in [6.07, 6.45) is 11.1. The van der Waals surface area contributed by atoms with Gasteiger partial charge in [0, 0.05) is 0 Å². The Bertz CT molecular complexity index is 567. The SMILES string of the molecule is CCCCCCOC(=O)c1cccc(C(=O)OCC(CCC)CCCCC)c1. The maximum Gasteiger partial charge on any atom is 0.338 e. The van der Waals surface area contributed by atoms with Crippen molar-refractivity contribution in [1.29, 1.82) is 0 Å². The van der Waals surface area contributed by atoms with Crippen molar-refractivity contribution in [2.45, 2.75) is 85.0 Å². The lowest BCUT2D eigenvalue weighted by Crippen LogP contribution is -2.15. The summed E-state index contributed by atoms with van der Waals surface area (Å²) in [5.74, 6) is -0.333. The number of carbonyl (C=O) groups is 2. The van der Waals surface area contributed by atoms with Crippen molar-refractivity contribution in [3.63, 3.8) is 0 Å². The Kier molecular flexibility index (Phi) is 13.1. The van der Waals surface area contributed by atoms with Gasteiger partial charge in [-0.1, -0.05) is 71.8 Å². The molecule has 0 bridgehead atoms. The average Bonchev–Trinajstić information content (AvgIpc) is 2.71. The van der Waals surface area contributed by atoms with Gasteiger partial charge < -0.3 is 9.47 Å². The highest BCUT2D eigenvalue weighted by atomic mass is 16.5. The molecule has 158 valence electrons. The molecule has 1 unspecified atom stereocenters. The van der Waals surface area contributed by atoms with Crippen LogP contribution in [0.3, 0.4) is 0 Å². The lowest BCUT2D eigenvalue weighted by atomic mass is 9.97. The van der Waals surface area contributed by atoms with Crippen molar-refractivity contribution in [1.82, 2.24) is 0 Å². The minimum atomic E-state index is -0.380. The van der Waals surface area contributed by atoms with E-state index in [2.05, 4.69) is 20.8 Å². The number of ether oxygens (including phenoxy) is 2. The zero-order chi connectivity index (χ0) is 20.6. The van der Waals surface area contributed by atoms with Gasteiger partial charge in [-0.2, -0.15) is 0 Å². The first-order valence-corrected chi connectivity index (χ1v) is 11.1. The molecular weight excluding hydrogens is 352 g/mol. The third kappa shape index (κ3) is 9.91. The molecule has 0 N–H and O–H groups in total. The molecule has 1 aromatic carbocycles. The van der Waals surface area contributed by atoms with Gasteiger partial charge in [-0.25, -0.2) is 9.59 Å². The molecule has 1 atom stereocenters. The van der Waals surface area contributed by atoms with Crippen LogP contribution in [-0.4, -0.2) is 25.2 Å². The summed E-state index contributed by atoms with van der Waals surface area (Å²) in [4.78, 5) is 24.6. The van der Waals surface area contributed by atoms with Crippen molar-refractivity contribution >= 4 is 11.9 Å². The van der Waals surface area contributed by atoms with Crippen LogP contribution in [0.4, 0.5) is 0 Å². The maximum atomic E-state index is 12.4. The summed E-state index contributed by atoms with van der Waals surface area (Å²) in [5.41, 5.74) is 0.808. The lowest BCUT2D eigenvalue weighted by molar-refractivity contribution is 0.0423. The van der Waals surface area contributed by atoms with Crippen LogP contribution >= 0.6 is 0 Å². The Morgan fingerprint density at radius 1 is 0.786 bits per heavy atom. The second-order valence-electron chi connectivity index (χ2n) is 7.53. The third-order valence-electron chi connectivity index (χ3n) is 4.93. The highest BCUT2D eigenvalue weighted by Gasteiger charge is 2.15. The van der Waals surface area contributed by atoms with Gasteiger partial charge in [0.05, 0.1) is 24.3 Å². The third-order valence-corrected chi connectivity index (χ3v) is 4.93. The Balaban J connectivity index is 2.52.